The molecular formula is C21H27ClN2O3S. The maximum atomic E-state index is 12.3. The molecule has 1 N–H and O–H groups in total. The fourth-order valence-electron chi connectivity index (χ4n) is 2.94. The highest BCUT2D eigenvalue weighted by Crippen LogP contribution is 2.22. The number of hydrogen-bond donors (Lipinski definition) is 1. The Hall–Kier alpha value is -2.05. The molecule has 2 rings (SSSR count). The number of nitrogens with one attached hydrogen (secondary N) is 1. The Bertz CT molecular complexity index is 898. The number of aryl methyl sites for hydroxylation is 1. The molecular weight excluding hydrogens is 396 g/mol. The van der Waals surface area contributed by atoms with Crippen LogP contribution in [0.4, 0.5) is 5.69 Å². The van der Waals surface area contributed by atoms with Crippen LogP contribution in [0.15, 0.2) is 48.5 Å². The lowest BCUT2D eigenvalue weighted by molar-refractivity contribution is -0.121. The first kappa shape index (κ1) is 22.2. The second-order valence-electron chi connectivity index (χ2n) is 6.80. The Balaban J connectivity index is 1.91. The number of anilines is 1. The molecule has 2 aromatic rings. The quantitative estimate of drug-likeness (QED) is 0.654. The van der Waals surface area contributed by atoms with Gasteiger partial charge in [0.25, 0.3) is 0 Å². The minimum atomic E-state index is -3.46. The Morgan fingerprint density at radius 2 is 1.86 bits per heavy atom. The molecule has 0 heterocycles. The molecule has 152 valence electrons. The van der Waals surface area contributed by atoms with Gasteiger partial charge in [-0.25, -0.2) is 8.42 Å². The molecule has 1 atom stereocenters. The number of rotatable bonds is 9. The summed E-state index contributed by atoms with van der Waals surface area (Å²) in [5.41, 5.74) is 2.80. The van der Waals surface area contributed by atoms with Gasteiger partial charge in [-0.1, -0.05) is 48.9 Å². The van der Waals surface area contributed by atoms with E-state index in [4.69, 9.17) is 11.6 Å². The van der Waals surface area contributed by atoms with E-state index in [9.17, 15) is 13.2 Å². The van der Waals surface area contributed by atoms with E-state index < -0.39 is 10.0 Å². The van der Waals surface area contributed by atoms with Crippen molar-refractivity contribution in [3.05, 3.63) is 64.7 Å². The third-order valence-electron chi connectivity index (χ3n) is 4.53. The van der Waals surface area contributed by atoms with Gasteiger partial charge in [-0.05, 0) is 49.1 Å². The van der Waals surface area contributed by atoms with Crippen LogP contribution in [0.25, 0.3) is 0 Å². The van der Waals surface area contributed by atoms with E-state index >= 15 is 0 Å². The zero-order valence-corrected chi connectivity index (χ0v) is 18.1. The normalized spacial score (nSPS) is 12.4. The maximum absolute atomic E-state index is 12.3. The molecule has 7 heteroatoms. The van der Waals surface area contributed by atoms with Crippen LogP contribution in [-0.2, 0) is 21.2 Å². The Labute approximate surface area is 172 Å². The minimum absolute atomic E-state index is 0.0997. The molecule has 1 amide bonds. The number of halogens is 1. The average molecular weight is 423 g/mol. The fourth-order valence-corrected chi connectivity index (χ4v) is 4.08. The van der Waals surface area contributed by atoms with Crippen molar-refractivity contribution in [3.8, 4) is 0 Å². The van der Waals surface area contributed by atoms with Crippen molar-refractivity contribution in [2.45, 2.75) is 39.2 Å². The number of hydrogen-bond acceptors (Lipinski definition) is 3. The Morgan fingerprint density at radius 3 is 2.43 bits per heavy atom. The number of benzene rings is 2. The van der Waals surface area contributed by atoms with Crippen LogP contribution in [0.3, 0.4) is 0 Å². The molecule has 0 aliphatic heterocycles. The Kier molecular flexibility index (Phi) is 7.89. The van der Waals surface area contributed by atoms with Gasteiger partial charge in [0.2, 0.25) is 15.9 Å². The van der Waals surface area contributed by atoms with Gasteiger partial charge in [-0.2, -0.15) is 0 Å². The van der Waals surface area contributed by atoms with Crippen molar-refractivity contribution in [2.24, 2.45) is 0 Å². The number of carbonyl (C=O) groups excluding carboxylic acids is 1. The summed E-state index contributed by atoms with van der Waals surface area (Å²) in [6.45, 7) is 4.25. The van der Waals surface area contributed by atoms with Crippen molar-refractivity contribution in [1.29, 1.82) is 0 Å². The predicted octanol–water partition coefficient (Wildman–Crippen LogP) is 4.33. The SMILES string of the molecule is CCc1ccc(C(C)NC(=O)CCCN(c2cccc(Cl)c2)S(C)(=O)=O)cc1. The lowest BCUT2D eigenvalue weighted by Gasteiger charge is -2.22. The molecule has 0 aromatic heterocycles. The van der Waals surface area contributed by atoms with Crippen LogP contribution in [0.2, 0.25) is 5.02 Å². The molecule has 0 spiro atoms. The first-order valence-corrected chi connectivity index (χ1v) is 11.5. The lowest BCUT2D eigenvalue weighted by atomic mass is 10.0. The molecule has 5 nitrogen and oxygen atoms in total. The topological polar surface area (TPSA) is 66.5 Å². The van der Waals surface area contributed by atoms with Gasteiger partial charge in [-0.3, -0.25) is 9.10 Å². The highest BCUT2D eigenvalue weighted by atomic mass is 35.5. The van der Waals surface area contributed by atoms with E-state index in [0.29, 0.717) is 17.1 Å². The molecule has 0 bridgehead atoms. The van der Waals surface area contributed by atoms with Gasteiger partial charge in [0.1, 0.15) is 0 Å². The third-order valence-corrected chi connectivity index (χ3v) is 5.96. The Morgan fingerprint density at radius 1 is 1.18 bits per heavy atom. The van der Waals surface area contributed by atoms with Crippen molar-refractivity contribution in [2.75, 3.05) is 17.1 Å². The first-order chi connectivity index (χ1) is 13.2. The van der Waals surface area contributed by atoms with Gasteiger partial charge in [0.15, 0.2) is 0 Å². The van der Waals surface area contributed by atoms with Gasteiger partial charge < -0.3 is 5.32 Å². The second kappa shape index (κ2) is 9.94. The van der Waals surface area contributed by atoms with E-state index in [2.05, 4.69) is 24.4 Å². The van der Waals surface area contributed by atoms with Crippen LogP contribution in [0.1, 0.15) is 43.9 Å². The number of carbonyl (C=O) groups is 1. The van der Waals surface area contributed by atoms with Gasteiger partial charge in [-0.15, -0.1) is 0 Å². The summed E-state index contributed by atoms with van der Waals surface area (Å²) < 4.78 is 25.5. The molecule has 0 saturated carbocycles. The summed E-state index contributed by atoms with van der Waals surface area (Å²) in [5, 5.41) is 3.43. The summed E-state index contributed by atoms with van der Waals surface area (Å²) in [6.07, 6.45) is 2.78. The average Bonchev–Trinajstić information content (AvgIpc) is 2.64. The van der Waals surface area contributed by atoms with E-state index in [0.717, 1.165) is 18.2 Å². The largest absolute Gasteiger partial charge is 0.350 e. The predicted molar refractivity (Wildman–Crippen MR) is 115 cm³/mol. The number of amides is 1. The summed E-state index contributed by atoms with van der Waals surface area (Å²) in [7, 11) is -3.46. The zero-order valence-electron chi connectivity index (χ0n) is 16.5. The second-order valence-corrected chi connectivity index (χ2v) is 9.15. The summed E-state index contributed by atoms with van der Waals surface area (Å²) in [6, 6.07) is 14.8. The summed E-state index contributed by atoms with van der Waals surface area (Å²) in [4.78, 5) is 12.3. The van der Waals surface area contributed by atoms with Crippen LogP contribution >= 0.6 is 11.6 Å². The molecule has 1 unspecified atom stereocenters. The molecule has 0 fully saturated rings. The highest BCUT2D eigenvalue weighted by Gasteiger charge is 2.18. The van der Waals surface area contributed by atoms with Crippen molar-refractivity contribution >= 4 is 33.2 Å². The van der Waals surface area contributed by atoms with E-state index in [1.807, 2.05) is 19.1 Å². The number of sulfonamides is 1. The van der Waals surface area contributed by atoms with Crippen LogP contribution in [-0.4, -0.2) is 27.1 Å². The van der Waals surface area contributed by atoms with Crippen molar-refractivity contribution in [3.63, 3.8) is 0 Å². The van der Waals surface area contributed by atoms with Crippen LogP contribution < -0.4 is 9.62 Å². The fraction of sp³-hybridized carbons (Fsp3) is 0.381. The van der Waals surface area contributed by atoms with Crippen molar-refractivity contribution < 1.29 is 13.2 Å². The zero-order chi connectivity index (χ0) is 20.7. The van der Waals surface area contributed by atoms with Crippen LogP contribution in [0.5, 0.6) is 0 Å². The minimum Gasteiger partial charge on any atom is -0.350 e. The molecule has 0 radical (unpaired) electrons. The van der Waals surface area contributed by atoms with E-state index in [-0.39, 0.29) is 24.9 Å². The first-order valence-electron chi connectivity index (χ1n) is 9.32. The number of nitrogens with zero attached hydrogens (tertiary/aromatic N) is 1. The van der Waals surface area contributed by atoms with Crippen molar-refractivity contribution in [1.82, 2.24) is 5.32 Å². The van der Waals surface area contributed by atoms with Gasteiger partial charge in [0.05, 0.1) is 18.0 Å². The molecule has 2 aromatic carbocycles. The smallest absolute Gasteiger partial charge is 0.232 e. The van der Waals surface area contributed by atoms with Gasteiger partial charge >= 0.3 is 0 Å². The third kappa shape index (κ3) is 6.53. The summed E-state index contributed by atoms with van der Waals surface area (Å²) >= 11 is 5.97. The molecule has 0 aliphatic carbocycles. The monoisotopic (exact) mass is 422 g/mol. The standard InChI is InChI=1S/C21H27ClN2O3S/c1-4-17-10-12-18(13-11-17)16(2)23-21(25)9-6-14-24(28(3,26)27)20-8-5-7-19(22)15-20/h5,7-8,10-13,15-16H,4,6,9,14H2,1-3H3,(H,23,25). The van der Waals surface area contributed by atoms with E-state index in [1.54, 1.807) is 24.3 Å². The van der Waals surface area contributed by atoms with Gasteiger partial charge in [0, 0.05) is 18.0 Å². The highest BCUT2D eigenvalue weighted by molar-refractivity contribution is 7.92. The lowest BCUT2D eigenvalue weighted by Crippen LogP contribution is -2.32. The van der Waals surface area contributed by atoms with Crippen LogP contribution in [0, 0.1) is 0 Å². The molecule has 0 aliphatic rings. The summed E-state index contributed by atoms with van der Waals surface area (Å²) in [5.74, 6) is -0.105. The molecule has 28 heavy (non-hydrogen) atoms. The maximum Gasteiger partial charge on any atom is 0.232 e. The molecule has 0 saturated heterocycles. The van der Waals surface area contributed by atoms with E-state index in [1.165, 1.54) is 9.87 Å².